The number of rotatable bonds is 6. The number of nitrogens with one attached hydrogen (secondary N) is 1. The minimum atomic E-state index is -0.692. The molecule has 19 heavy (non-hydrogen) atoms. The highest BCUT2D eigenvalue weighted by molar-refractivity contribution is 8.00. The number of methoxy groups -OCH3 is 1. The third-order valence-corrected chi connectivity index (χ3v) is 3.43. The lowest BCUT2D eigenvalue weighted by molar-refractivity contribution is -0.141. The van der Waals surface area contributed by atoms with E-state index in [0.717, 1.165) is 11.3 Å². The number of carbonyl (C=O) groups excluding carboxylic acids is 2. The molecule has 104 valence electrons. The predicted molar refractivity (Wildman–Crippen MR) is 77.1 cm³/mol. The molecule has 1 aromatic rings. The summed E-state index contributed by atoms with van der Waals surface area (Å²) in [7, 11) is 1.29. The van der Waals surface area contributed by atoms with E-state index in [1.807, 2.05) is 31.2 Å². The Bertz CT molecular complexity index is 434. The zero-order valence-corrected chi connectivity index (χ0v) is 11.8. The predicted octanol–water partition coefficient (Wildman–Crippen LogP) is 1.17. The third kappa shape index (κ3) is 5.76. The van der Waals surface area contributed by atoms with Crippen LogP contribution in [0.5, 0.6) is 0 Å². The average Bonchev–Trinajstić information content (AvgIpc) is 2.40. The highest BCUT2D eigenvalue weighted by Crippen LogP contribution is 2.10. The lowest BCUT2D eigenvalue weighted by Crippen LogP contribution is -2.34. The fourth-order valence-corrected chi connectivity index (χ4v) is 2.10. The van der Waals surface area contributed by atoms with Gasteiger partial charge in [-0.25, -0.2) is 0 Å². The summed E-state index contributed by atoms with van der Waals surface area (Å²) >= 11 is 1.30. The Morgan fingerprint density at radius 1 is 1.37 bits per heavy atom. The van der Waals surface area contributed by atoms with Crippen LogP contribution in [0.1, 0.15) is 5.56 Å². The second-order valence-electron chi connectivity index (χ2n) is 4.06. The first-order valence-electron chi connectivity index (χ1n) is 5.80. The molecule has 0 aliphatic rings. The molecule has 0 aliphatic heterocycles. The van der Waals surface area contributed by atoms with Crippen molar-refractivity contribution in [2.75, 3.05) is 23.9 Å². The molecule has 6 heteroatoms. The number of thioether (sulfide) groups is 1. The maximum atomic E-state index is 11.6. The lowest BCUT2D eigenvalue weighted by Gasteiger charge is -2.09. The maximum Gasteiger partial charge on any atom is 0.323 e. The minimum absolute atomic E-state index is 0.120. The molecule has 0 aliphatic carbocycles. The molecule has 0 saturated heterocycles. The number of carbonyl (C=O) groups is 2. The van der Waals surface area contributed by atoms with Crippen molar-refractivity contribution in [2.24, 2.45) is 5.73 Å². The highest BCUT2D eigenvalue weighted by Gasteiger charge is 2.14. The van der Waals surface area contributed by atoms with Crippen molar-refractivity contribution in [3.63, 3.8) is 0 Å². The van der Waals surface area contributed by atoms with Crippen LogP contribution in [0, 0.1) is 6.92 Å². The third-order valence-electron chi connectivity index (χ3n) is 2.37. The maximum absolute atomic E-state index is 11.6. The lowest BCUT2D eigenvalue weighted by atomic mass is 10.2. The van der Waals surface area contributed by atoms with Gasteiger partial charge in [-0.15, -0.1) is 11.8 Å². The Kier molecular flexibility index (Phi) is 6.38. The second kappa shape index (κ2) is 7.81. The number of esters is 1. The van der Waals surface area contributed by atoms with Crippen molar-refractivity contribution < 1.29 is 14.3 Å². The number of ether oxygens (including phenoxy) is 1. The Labute approximate surface area is 116 Å². The van der Waals surface area contributed by atoms with Crippen molar-refractivity contribution in [1.82, 2.24) is 0 Å². The van der Waals surface area contributed by atoms with Crippen molar-refractivity contribution in [1.29, 1.82) is 0 Å². The standard InChI is InChI=1S/C13H18N2O3S/c1-9-3-5-10(6-4-9)15-12(16)8-19-7-11(14)13(17)18-2/h3-6,11H,7-8,14H2,1-2H3,(H,15,16). The largest absolute Gasteiger partial charge is 0.468 e. The van der Waals surface area contributed by atoms with Crippen LogP contribution >= 0.6 is 11.8 Å². The van der Waals surface area contributed by atoms with E-state index < -0.39 is 12.0 Å². The van der Waals surface area contributed by atoms with E-state index in [2.05, 4.69) is 10.1 Å². The number of aryl methyl sites for hydroxylation is 1. The van der Waals surface area contributed by atoms with Gasteiger partial charge in [0.2, 0.25) is 5.91 Å². The molecule has 0 heterocycles. The number of hydrogen-bond acceptors (Lipinski definition) is 5. The van der Waals surface area contributed by atoms with Crippen LogP contribution < -0.4 is 11.1 Å². The molecule has 1 amide bonds. The van der Waals surface area contributed by atoms with Gasteiger partial charge >= 0.3 is 5.97 Å². The summed E-state index contributed by atoms with van der Waals surface area (Å²) in [6.07, 6.45) is 0. The fourth-order valence-electron chi connectivity index (χ4n) is 1.33. The van der Waals surface area contributed by atoms with Gasteiger partial charge in [-0.1, -0.05) is 17.7 Å². The molecule has 3 N–H and O–H groups in total. The normalized spacial score (nSPS) is 11.7. The van der Waals surface area contributed by atoms with Gasteiger partial charge in [-0.05, 0) is 19.1 Å². The van der Waals surface area contributed by atoms with Gasteiger partial charge in [0.1, 0.15) is 6.04 Å². The van der Waals surface area contributed by atoms with Gasteiger partial charge in [0.15, 0.2) is 0 Å². The molecule has 0 bridgehead atoms. The summed E-state index contributed by atoms with van der Waals surface area (Å²) in [5.41, 5.74) is 7.45. The van der Waals surface area contributed by atoms with Crippen molar-refractivity contribution >= 4 is 29.3 Å². The summed E-state index contributed by atoms with van der Waals surface area (Å²) in [5.74, 6) is 0.0180. The number of amides is 1. The molecular formula is C13H18N2O3S. The van der Waals surface area contributed by atoms with Gasteiger partial charge in [0.05, 0.1) is 12.9 Å². The molecule has 1 atom stereocenters. The Balaban J connectivity index is 2.28. The van der Waals surface area contributed by atoms with Crippen LogP contribution in [0.4, 0.5) is 5.69 Å². The van der Waals surface area contributed by atoms with Gasteiger partial charge in [-0.2, -0.15) is 0 Å². The topological polar surface area (TPSA) is 81.4 Å². The van der Waals surface area contributed by atoms with Crippen LogP contribution in [0.3, 0.4) is 0 Å². The monoisotopic (exact) mass is 282 g/mol. The van der Waals surface area contributed by atoms with Gasteiger partial charge < -0.3 is 15.8 Å². The van der Waals surface area contributed by atoms with Crippen molar-refractivity contribution in [3.8, 4) is 0 Å². The first-order chi connectivity index (χ1) is 9.02. The first kappa shape index (κ1) is 15.5. The molecule has 1 aromatic carbocycles. The first-order valence-corrected chi connectivity index (χ1v) is 6.96. The smallest absolute Gasteiger partial charge is 0.323 e. The Morgan fingerprint density at radius 3 is 2.58 bits per heavy atom. The van der Waals surface area contributed by atoms with E-state index in [1.165, 1.54) is 18.9 Å². The quantitative estimate of drug-likeness (QED) is 0.765. The number of benzene rings is 1. The zero-order valence-electron chi connectivity index (χ0n) is 11.0. The fraction of sp³-hybridized carbons (Fsp3) is 0.385. The van der Waals surface area contributed by atoms with Crippen molar-refractivity contribution in [3.05, 3.63) is 29.8 Å². The molecule has 0 spiro atoms. The number of nitrogens with two attached hydrogens (primary N) is 1. The Morgan fingerprint density at radius 2 is 2.00 bits per heavy atom. The summed E-state index contributed by atoms with van der Waals surface area (Å²) in [4.78, 5) is 22.7. The van der Waals surface area contributed by atoms with E-state index in [1.54, 1.807) is 0 Å². The molecular weight excluding hydrogens is 264 g/mol. The van der Waals surface area contributed by atoms with E-state index >= 15 is 0 Å². The van der Waals surface area contributed by atoms with Crippen LogP contribution in [0.2, 0.25) is 0 Å². The molecule has 0 radical (unpaired) electrons. The van der Waals surface area contributed by atoms with Gasteiger partial charge in [0.25, 0.3) is 0 Å². The van der Waals surface area contributed by atoms with Crippen LogP contribution in [-0.4, -0.2) is 36.5 Å². The molecule has 0 saturated carbocycles. The van der Waals surface area contributed by atoms with Gasteiger partial charge in [0, 0.05) is 11.4 Å². The number of anilines is 1. The Hall–Kier alpha value is -1.53. The summed E-state index contributed by atoms with van der Waals surface area (Å²) in [6.45, 7) is 1.98. The van der Waals surface area contributed by atoms with Crippen LogP contribution in [0.15, 0.2) is 24.3 Å². The van der Waals surface area contributed by atoms with Gasteiger partial charge in [-0.3, -0.25) is 9.59 Å². The average molecular weight is 282 g/mol. The SMILES string of the molecule is COC(=O)C(N)CSCC(=O)Nc1ccc(C)cc1. The van der Waals surface area contributed by atoms with E-state index in [4.69, 9.17) is 5.73 Å². The summed E-state index contributed by atoms with van der Waals surface area (Å²) < 4.78 is 4.50. The number of hydrogen-bond donors (Lipinski definition) is 2. The summed E-state index contributed by atoms with van der Waals surface area (Å²) in [5, 5.41) is 2.77. The molecule has 5 nitrogen and oxygen atoms in total. The molecule has 1 rings (SSSR count). The summed E-state index contributed by atoms with van der Waals surface area (Å²) in [6, 6.07) is 6.85. The molecule has 1 unspecified atom stereocenters. The molecule has 0 aromatic heterocycles. The second-order valence-corrected chi connectivity index (χ2v) is 5.09. The van der Waals surface area contributed by atoms with Crippen molar-refractivity contribution in [2.45, 2.75) is 13.0 Å². The minimum Gasteiger partial charge on any atom is -0.468 e. The van der Waals surface area contributed by atoms with E-state index in [0.29, 0.717) is 5.75 Å². The van der Waals surface area contributed by atoms with Crippen LogP contribution in [-0.2, 0) is 14.3 Å². The van der Waals surface area contributed by atoms with Crippen LogP contribution in [0.25, 0.3) is 0 Å². The molecule has 0 fully saturated rings. The zero-order chi connectivity index (χ0) is 14.3. The van der Waals surface area contributed by atoms with E-state index in [-0.39, 0.29) is 11.7 Å². The van der Waals surface area contributed by atoms with E-state index in [9.17, 15) is 9.59 Å². The highest BCUT2D eigenvalue weighted by atomic mass is 32.2.